The van der Waals surface area contributed by atoms with Gasteiger partial charge >= 0.3 is 5.97 Å². The van der Waals surface area contributed by atoms with Gasteiger partial charge in [0, 0.05) is 5.56 Å². The topological polar surface area (TPSA) is 80.7 Å². The zero-order chi connectivity index (χ0) is 15.1. The summed E-state index contributed by atoms with van der Waals surface area (Å²) in [6.07, 6.45) is 2.62. The molecule has 0 amide bonds. The van der Waals surface area contributed by atoms with Crippen LogP contribution in [-0.2, 0) is 20.0 Å². The zero-order valence-electron chi connectivity index (χ0n) is 11.6. The third kappa shape index (κ3) is 2.52. The Labute approximate surface area is 123 Å². The molecule has 3 rings (SSSR count). The fraction of sp³-hybridized carbons (Fsp3) is 0.533. The molecule has 2 fully saturated rings. The van der Waals surface area contributed by atoms with Gasteiger partial charge in [0.1, 0.15) is 11.9 Å². The molecule has 114 valence electrons. The van der Waals surface area contributed by atoms with Gasteiger partial charge in [0.15, 0.2) is 9.84 Å². The molecule has 0 atom stereocenters. The monoisotopic (exact) mass is 310 g/mol. The van der Waals surface area contributed by atoms with Crippen LogP contribution in [0, 0.1) is 0 Å². The Morgan fingerprint density at radius 3 is 2.38 bits per heavy atom. The van der Waals surface area contributed by atoms with E-state index < -0.39 is 21.2 Å². The van der Waals surface area contributed by atoms with Crippen LogP contribution in [0.25, 0.3) is 0 Å². The SMILES string of the molecule is O=C(O)C1(c2ccccc2OC2CS(=O)(=O)C2)CCCC1. The van der Waals surface area contributed by atoms with Crippen molar-refractivity contribution < 1.29 is 23.1 Å². The lowest BCUT2D eigenvalue weighted by Crippen LogP contribution is -2.45. The van der Waals surface area contributed by atoms with E-state index in [1.807, 2.05) is 6.07 Å². The lowest BCUT2D eigenvalue weighted by molar-refractivity contribution is -0.143. The Morgan fingerprint density at radius 2 is 1.81 bits per heavy atom. The van der Waals surface area contributed by atoms with E-state index in [1.165, 1.54) is 0 Å². The van der Waals surface area contributed by atoms with Crippen molar-refractivity contribution in [2.45, 2.75) is 37.2 Å². The predicted octanol–water partition coefficient (Wildman–Crippen LogP) is 1.76. The van der Waals surface area contributed by atoms with Crippen LogP contribution >= 0.6 is 0 Å². The van der Waals surface area contributed by atoms with Crippen molar-refractivity contribution in [2.24, 2.45) is 0 Å². The summed E-state index contributed by atoms with van der Waals surface area (Å²) >= 11 is 0. The van der Waals surface area contributed by atoms with Gasteiger partial charge in [0.05, 0.1) is 16.9 Å². The molecule has 0 spiro atoms. The van der Waals surface area contributed by atoms with Crippen molar-refractivity contribution >= 4 is 15.8 Å². The maximum atomic E-state index is 11.8. The third-order valence-corrected chi connectivity index (χ3v) is 6.20. The standard InChI is InChI=1S/C15H18O5S/c16-14(17)15(7-3-4-8-15)12-5-1-2-6-13(12)20-11-9-21(18,19)10-11/h1-2,5-6,11H,3-4,7-10H2,(H,16,17). The minimum Gasteiger partial charge on any atom is -0.488 e. The average molecular weight is 310 g/mol. The number of carboxylic acid groups (broad SMARTS) is 1. The summed E-state index contributed by atoms with van der Waals surface area (Å²) in [7, 11) is -2.96. The van der Waals surface area contributed by atoms with Gasteiger partial charge in [0.25, 0.3) is 0 Å². The molecule has 2 aliphatic rings. The molecule has 1 saturated heterocycles. The van der Waals surface area contributed by atoms with E-state index in [0.717, 1.165) is 12.8 Å². The first kappa shape index (κ1) is 14.4. The number of hydrogen-bond donors (Lipinski definition) is 1. The van der Waals surface area contributed by atoms with Crippen LogP contribution in [0.5, 0.6) is 5.75 Å². The van der Waals surface area contributed by atoms with Crippen LogP contribution in [0.1, 0.15) is 31.2 Å². The molecule has 6 heteroatoms. The summed E-state index contributed by atoms with van der Waals surface area (Å²) in [5.74, 6) is -0.276. The molecule has 1 aromatic carbocycles. The number of benzene rings is 1. The number of hydrogen-bond acceptors (Lipinski definition) is 4. The Kier molecular flexibility index (Phi) is 3.43. The minimum absolute atomic E-state index is 0.0153. The lowest BCUT2D eigenvalue weighted by atomic mass is 9.78. The highest BCUT2D eigenvalue weighted by Crippen LogP contribution is 2.45. The minimum atomic E-state index is -2.96. The van der Waals surface area contributed by atoms with Gasteiger partial charge < -0.3 is 9.84 Å². The van der Waals surface area contributed by atoms with Crippen molar-refractivity contribution in [1.29, 1.82) is 0 Å². The molecule has 0 radical (unpaired) electrons. The maximum Gasteiger partial charge on any atom is 0.314 e. The highest BCUT2D eigenvalue weighted by atomic mass is 32.2. The predicted molar refractivity (Wildman–Crippen MR) is 77.3 cm³/mol. The fourth-order valence-corrected chi connectivity index (χ4v) is 4.48. The van der Waals surface area contributed by atoms with Crippen LogP contribution in [0.15, 0.2) is 24.3 Å². The number of carboxylic acids is 1. The van der Waals surface area contributed by atoms with Crippen LogP contribution in [0.4, 0.5) is 0 Å². The molecule has 1 aliphatic carbocycles. The summed E-state index contributed by atoms with van der Waals surface area (Å²) in [5, 5.41) is 9.68. The maximum absolute atomic E-state index is 11.8. The highest BCUT2D eigenvalue weighted by Gasteiger charge is 2.45. The number of para-hydroxylation sites is 1. The van der Waals surface area contributed by atoms with Crippen molar-refractivity contribution in [1.82, 2.24) is 0 Å². The van der Waals surface area contributed by atoms with E-state index >= 15 is 0 Å². The Bertz CT molecular complexity index is 646. The first-order chi connectivity index (χ1) is 9.93. The lowest BCUT2D eigenvalue weighted by Gasteiger charge is -2.31. The normalized spacial score (nSPS) is 23.4. The number of aliphatic carboxylic acids is 1. The molecular formula is C15H18O5S. The van der Waals surface area contributed by atoms with Gasteiger partial charge in [-0.05, 0) is 18.9 Å². The van der Waals surface area contributed by atoms with Gasteiger partial charge in [-0.15, -0.1) is 0 Å². The first-order valence-corrected chi connectivity index (χ1v) is 8.95. The fourth-order valence-electron chi connectivity index (χ4n) is 3.31. The van der Waals surface area contributed by atoms with Crippen molar-refractivity contribution in [2.75, 3.05) is 11.5 Å². The van der Waals surface area contributed by atoms with Crippen LogP contribution < -0.4 is 4.74 Å². The molecule has 0 aromatic heterocycles. The molecule has 1 N–H and O–H groups in total. The molecule has 0 unspecified atom stereocenters. The summed E-state index contributed by atoms with van der Waals surface area (Å²) in [5.41, 5.74) is -0.210. The molecule has 21 heavy (non-hydrogen) atoms. The molecule has 1 aromatic rings. The smallest absolute Gasteiger partial charge is 0.314 e. The number of carbonyl (C=O) groups is 1. The molecule has 1 heterocycles. The van der Waals surface area contributed by atoms with Crippen LogP contribution in [0.3, 0.4) is 0 Å². The number of rotatable bonds is 4. The van der Waals surface area contributed by atoms with E-state index in [2.05, 4.69) is 0 Å². The zero-order valence-corrected chi connectivity index (χ0v) is 12.4. The largest absolute Gasteiger partial charge is 0.488 e. The second-order valence-corrected chi connectivity index (χ2v) is 8.06. The second kappa shape index (κ2) is 5.02. The molecular weight excluding hydrogens is 292 g/mol. The number of sulfone groups is 1. The van der Waals surface area contributed by atoms with E-state index in [1.54, 1.807) is 18.2 Å². The van der Waals surface area contributed by atoms with E-state index in [9.17, 15) is 18.3 Å². The van der Waals surface area contributed by atoms with Gasteiger partial charge in [-0.25, -0.2) is 8.42 Å². The quantitative estimate of drug-likeness (QED) is 0.916. The van der Waals surface area contributed by atoms with Gasteiger partial charge in [-0.2, -0.15) is 0 Å². The number of ether oxygens (including phenoxy) is 1. The molecule has 1 saturated carbocycles. The van der Waals surface area contributed by atoms with E-state index in [-0.39, 0.29) is 17.6 Å². The summed E-state index contributed by atoms with van der Waals surface area (Å²) in [4.78, 5) is 11.8. The van der Waals surface area contributed by atoms with E-state index in [4.69, 9.17) is 4.74 Å². The highest BCUT2D eigenvalue weighted by molar-refractivity contribution is 7.92. The Morgan fingerprint density at radius 1 is 1.19 bits per heavy atom. The van der Waals surface area contributed by atoms with Crippen molar-refractivity contribution in [3.63, 3.8) is 0 Å². The van der Waals surface area contributed by atoms with Crippen molar-refractivity contribution in [3.8, 4) is 5.75 Å². The van der Waals surface area contributed by atoms with Crippen LogP contribution in [-0.4, -0.2) is 37.1 Å². The molecule has 0 bridgehead atoms. The Hall–Kier alpha value is -1.56. The van der Waals surface area contributed by atoms with E-state index in [0.29, 0.717) is 24.2 Å². The summed E-state index contributed by atoms with van der Waals surface area (Å²) in [6, 6.07) is 7.13. The van der Waals surface area contributed by atoms with Crippen LogP contribution in [0.2, 0.25) is 0 Å². The first-order valence-electron chi connectivity index (χ1n) is 7.13. The second-order valence-electron chi connectivity index (χ2n) is 5.91. The summed E-state index contributed by atoms with van der Waals surface area (Å²) < 4.78 is 28.2. The van der Waals surface area contributed by atoms with Gasteiger partial charge in [-0.1, -0.05) is 31.0 Å². The Balaban J connectivity index is 1.91. The van der Waals surface area contributed by atoms with Gasteiger partial charge in [0.2, 0.25) is 0 Å². The van der Waals surface area contributed by atoms with Gasteiger partial charge in [-0.3, -0.25) is 4.79 Å². The third-order valence-electron chi connectivity index (χ3n) is 4.44. The summed E-state index contributed by atoms with van der Waals surface area (Å²) in [6.45, 7) is 0. The average Bonchev–Trinajstić information content (AvgIpc) is 2.88. The molecule has 1 aliphatic heterocycles. The van der Waals surface area contributed by atoms with Crippen molar-refractivity contribution in [3.05, 3.63) is 29.8 Å². The molecule has 5 nitrogen and oxygen atoms in total.